The van der Waals surface area contributed by atoms with E-state index in [0.29, 0.717) is 16.0 Å². The number of carbonyl (C=O) groups is 1. The SMILES string of the molecule is Cl.O=C(CBr)c1ccnc(Cl)c1. The van der Waals surface area contributed by atoms with Crippen LogP contribution < -0.4 is 0 Å². The summed E-state index contributed by atoms with van der Waals surface area (Å²) in [6.07, 6.45) is 1.51. The average Bonchev–Trinajstić information content (AvgIpc) is 2.03. The fraction of sp³-hybridized carbons (Fsp3) is 0.143. The Bertz CT molecular complexity index is 280. The van der Waals surface area contributed by atoms with Crippen LogP contribution in [0.3, 0.4) is 0 Å². The summed E-state index contributed by atoms with van der Waals surface area (Å²) in [4.78, 5) is 14.8. The normalized spacial score (nSPS) is 8.83. The molecule has 0 saturated carbocycles. The van der Waals surface area contributed by atoms with Crippen LogP contribution in [0, 0.1) is 0 Å². The lowest BCUT2D eigenvalue weighted by Crippen LogP contribution is -1.99. The number of Topliss-reactive ketones (excluding diaryl/α,β-unsaturated/α-hetero) is 1. The van der Waals surface area contributed by atoms with Crippen LogP contribution in [0.25, 0.3) is 0 Å². The Labute approximate surface area is 89.9 Å². The number of aromatic nitrogens is 1. The zero-order chi connectivity index (χ0) is 8.27. The van der Waals surface area contributed by atoms with Crippen molar-refractivity contribution in [3.8, 4) is 0 Å². The van der Waals surface area contributed by atoms with Crippen molar-refractivity contribution in [3.05, 3.63) is 29.0 Å². The Balaban J connectivity index is 0.00000121. The second kappa shape index (κ2) is 5.51. The van der Waals surface area contributed by atoms with Crippen LogP contribution in [-0.4, -0.2) is 16.1 Å². The largest absolute Gasteiger partial charge is 0.293 e. The van der Waals surface area contributed by atoms with Crippen LogP contribution in [0.2, 0.25) is 5.15 Å². The zero-order valence-corrected chi connectivity index (χ0v) is 9.12. The number of halogens is 3. The van der Waals surface area contributed by atoms with Crippen LogP contribution in [0.5, 0.6) is 0 Å². The Morgan fingerprint density at radius 3 is 2.83 bits per heavy atom. The Morgan fingerprint density at radius 1 is 1.67 bits per heavy atom. The molecular weight excluding hydrogens is 265 g/mol. The first-order chi connectivity index (χ1) is 5.24. The van der Waals surface area contributed by atoms with Crippen molar-refractivity contribution >= 4 is 45.7 Å². The molecule has 0 unspecified atom stereocenters. The molecule has 0 saturated heterocycles. The summed E-state index contributed by atoms with van der Waals surface area (Å²) in [5.74, 6) is 0.00861. The molecule has 0 radical (unpaired) electrons. The van der Waals surface area contributed by atoms with E-state index in [9.17, 15) is 4.79 Å². The summed E-state index contributed by atoms with van der Waals surface area (Å²) in [7, 11) is 0. The summed E-state index contributed by atoms with van der Waals surface area (Å²) in [5, 5.41) is 0.657. The predicted octanol–water partition coefficient (Wildman–Crippen LogP) is 2.73. The van der Waals surface area contributed by atoms with Crippen molar-refractivity contribution in [1.29, 1.82) is 0 Å². The number of alkyl halides is 1. The third kappa shape index (κ3) is 3.09. The van der Waals surface area contributed by atoms with Gasteiger partial charge < -0.3 is 0 Å². The van der Waals surface area contributed by atoms with Gasteiger partial charge >= 0.3 is 0 Å². The number of pyridine rings is 1. The molecule has 0 atom stereocenters. The highest BCUT2D eigenvalue weighted by molar-refractivity contribution is 9.09. The van der Waals surface area contributed by atoms with Crippen LogP contribution >= 0.6 is 39.9 Å². The van der Waals surface area contributed by atoms with E-state index in [2.05, 4.69) is 20.9 Å². The number of ketones is 1. The summed E-state index contributed by atoms with van der Waals surface area (Å²) in [5.41, 5.74) is 0.585. The van der Waals surface area contributed by atoms with Gasteiger partial charge in [0.2, 0.25) is 0 Å². The van der Waals surface area contributed by atoms with Gasteiger partial charge in [0.05, 0.1) is 5.33 Å². The third-order valence-corrected chi connectivity index (χ3v) is 1.89. The first-order valence-electron chi connectivity index (χ1n) is 2.95. The van der Waals surface area contributed by atoms with Crippen LogP contribution in [0.4, 0.5) is 0 Å². The van der Waals surface area contributed by atoms with Gasteiger partial charge in [-0.05, 0) is 12.1 Å². The summed E-state index contributed by atoms with van der Waals surface area (Å²) < 4.78 is 0. The van der Waals surface area contributed by atoms with Crippen molar-refractivity contribution in [2.24, 2.45) is 0 Å². The lowest BCUT2D eigenvalue weighted by molar-refractivity contribution is 0.102. The third-order valence-electron chi connectivity index (χ3n) is 1.17. The van der Waals surface area contributed by atoms with E-state index in [-0.39, 0.29) is 18.2 Å². The summed E-state index contributed by atoms with van der Waals surface area (Å²) in [6.45, 7) is 0. The maximum absolute atomic E-state index is 11.0. The number of carbonyl (C=O) groups excluding carboxylic acids is 1. The number of hydrogen-bond donors (Lipinski definition) is 0. The molecule has 0 aliphatic carbocycles. The molecule has 5 heteroatoms. The maximum atomic E-state index is 11.0. The van der Waals surface area contributed by atoms with Crippen molar-refractivity contribution in [2.75, 3.05) is 5.33 Å². The molecule has 0 N–H and O–H groups in total. The first kappa shape index (κ1) is 11.9. The van der Waals surface area contributed by atoms with Gasteiger partial charge in [0, 0.05) is 11.8 Å². The highest BCUT2D eigenvalue weighted by Gasteiger charge is 2.03. The maximum Gasteiger partial charge on any atom is 0.173 e. The standard InChI is InChI=1S/C7H5BrClNO.ClH/c8-4-6(11)5-1-2-10-7(9)3-5;/h1-3H,4H2;1H. The Hall–Kier alpha value is -0.120. The quantitative estimate of drug-likeness (QED) is 0.470. The van der Waals surface area contributed by atoms with Gasteiger partial charge in [0.25, 0.3) is 0 Å². The first-order valence-corrected chi connectivity index (χ1v) is 4.44. The average molecular weight is 271 g/mol. The van der Waals surface area contributed by atoms with E-state index in [1.54, 1.807) is 12.1 Å². The van der Waals surface area contributed by atoms with Gasteiger partial charge in [-0.2, -0.15) is 0 Å². The smallest absolute Gasteiger partial charge is 0.173 e. The molecule has 0 fully saturated rings. The predicted molar refractivity (Wildman–Crippen MR) is 54.6 cm³/mol. The molecule has 0 aromatic carbocycles. The van der Waals surface area contributed by atoms with Crippen LogP contribution in [0.1, 0.15) is 10.4 Å². The van der Waals surface area contributed by atoms with Crippen molar-refractivity contribution in [2.45, 2.75) is 0 Å². The summed E-state index contributed by atoms with van der Waals surface area (Å²) in [6, 6.07) is 3.18. The van der Waals surface area contributed by atoms with Gasteiger partial charge in [0.1, 0.15) is 5.15 Å². The highest BCUT2D eigenvalue weighted by Crippen LogP contribution is 2.08. The summed E-state index contributed by atoms with van der Waals surface area (Å²) >= 11 is 8.63. The molecule has 1 aromatic heterocycles. The highest BCUT2D eigenvalue weighted by atomic mass is 79.9. The van der Waals surface area contributed by atoms with E-state index in [1.807, 2.05) is 0 Å². The molecule has 66 valence electrons. The number of rotatable bonds is 2. The lowest BCUT2D eigenvalue weighted by atomic mass is 10.2. The molecule has 12 heavy (non-hydrogen) atoms. The number of hydrogen-bond acceptors (Lipinski definition) is 2. The molecule has 2 nitrogen and oxygen atoms in total. The fourth-order valence-corrected chi connectivity index (χ4v) is 1.15. The van der Waals surface area contributed by atoms with Gasteiger partial charge in [0.15, 0.2) is 5.78 Å². The zero-order valence-electron chi connectivity index (χ0n) is 5.96. The molecular formula is C7H6BrCl2NO. The molecule has 0 spiro atoms. The molecule has 0 aliphatic rings. The molecule has 0 aliphatic heterocycles. The van der Waals surface area contributed by atoms with Crippen LogP contribution in [0.15, 0.2) is 18.3 Å². The molecule has 1 aromatic rings. The lowest BCUT2D eigenvalue weighted by Gasteiger charge is -1.95. The van der Waals surface area contributed by atoms with Crippen LogP contribution in [-0.2, 0) is 0 Å². The van der Waals surface area contributed by atoms with E-state index < -0.39 is 0 Å². The minimum atomic E-state index is 0. The Kier molecular flexibility index (Phi) is 5.46. The van der Waals surface area contributed by atoms with E-state index >= 15 is 0 Å². The minimum absolute atomic E-state index is 0. The van der Waals surface area contributed by atoms with Crippen molar-refractivity contribution in [1.82, 2.24) is 4.98 Å². The second-order valence-electron chi connectivity index (χ2n) is 1.92. The second-order valence-corrected chi connectivity index (χ2v) is 2.87. The minimum Gasteiger partial charge on any atom is -0.293 e. The van der Waals surface area contributed by atoms with Gasteiger partial charge in [-0.1, -0.05) is 27.5 Å². The van der Waals surface area contributed by atoms with E-state index in [0.717, 1.165) is 0 Å². The topological polar surface area (TPSA) is 30.0 Å². The molecule has 1 heterocycles. The van der Waals surface area contributed by atoms with Gasteiger partial charge in [-0.15, -0.1) is 12.4 Å². The monoisotopic (exact) mass is 269 g/mol. The van der Waals surface area contributed by atoms with Gasteiger partial charge in [-0.25, -0.2) is 4.98 Å². The fourth-order valence-electron chi connectivity index (χ4n) is 0.653. The molecule has 1 rings (SSSR count). The van der Waals surface area contributed by atoms with E-state index in [1.165, 1.54) is 6.20 Å². The van der Waals surface area contributed by atoms with Crippen molar-refractivity contribution in [3.63, 3.8) is 0 Å². The van der Waals surface area contributed by atoms with Crippen molar-refractivity contribution < 1.29 is 4.79 Å². The molecule has 0 amide bonds. The van der Waals surface area contributed by atoms with Gasteiger partial charge in [-0.3, -0.25) is 4.79 Å². The molecule has 0 bridgehead atoms. The Morgan fingerprint density at radius 2 is 2.33 bits per heavy atom. The number of nitrogens with zero attached hydrogens (tertiary/aromatic N) is 1. The van der Waals surface area contributed by atoms with E-state index in [4.69, 9.17) is 11.6 Å².